The smallest absolute Gasteiger partial charge is 0.414 e. The van der Waals surface area contributed by atoms with Crippen LogP contribution < -0.4 is 10.6 Å². The molecule has 0 heterocycles. The molecule has 7 heteroatoms. The fourth-order valence-corrected chi connectivity index (χ4v) is 3.42. The van der Waals surface area contributed by atoms with Crippen LogP contribution >= 0.6 is 0 Å². The van der Waals surface area contributed by atoms with Crippen LogP contribution in [-0.4, -0.2) is 35.7 Å². The van der Waals surface area contributed by atoms with Gasteiger partial charge in [-0.05, 0) is 23.6 Å². The predicted octanol–water partition coefficient (Wildman–Crippen LogP) is 4.28. The lowest BCUT2D eigenvalue weighted by Crippen LogP contribution is -2.45. The van der Waals surface area contributed by atoms with Gasteiger partial charge in [-0.2, -0.15) is 0 Å². The molecule has 0 saturated heterocycles. The van der Waals surface area contributed by atoms with Gasteiger partial charge < -0.3 is 20.5 Å². The molecule has 0 aromatic heterocycles. The van der Waals surface area contributed by atoms with Crippen LogP contribution in [0.15, 0.2) is 54.6 Å². The molecular weight excluding hydrogens is 420 g/mol. The number of nitrogens with one attached hydrogen (secondary N) is 2. The second-order valence-electron chi connectivity index (χ2n) is 8.02. The summed E-state index contributed by atoms with van der Waals surface area (Å²) >= 11 is 0. The summed E-state index contributed by atoms with van der Waals surface area (Å²) in [4.78, 5) is 37.3. The third kappa shape index (κ3) is 10.2. The van der Waals surface area contributed by atoms with Gasteiger partial charge in [0.1, 0.15) is 11.8 Å². The minimum atomic E-state index is -1.12. The molecule has 0 aliphatic heterocycles. The van der Waals surface area contributed by atoms with E-state index in [1.54, 1.807) is 18.2 Å². The molecule has 1 atom stereocenters. The maximum absolute atomic E-state index is 12.7. The Labute approximate surface area is 195 Å². The van der Waals surface area contributed by atoms with Gasteiger partial charge >= 0.3 is 12.1 Å². The van der Waals surface area contributed by atoms with Gasteiger partial charge in [-0.1, -0.05) is 87.6 Å². The van der Waals surface area contributed by atoms with E-state index in [4.69, 9.17) is 4.74 Å². The van der Waals surface area contributed by atoms with E-state index in [1.165, 1.54) is 25.3 Å². The van der Waals surface area contributed by atoms with E-state index in [0.29, 0.717) is 12.1 Å². The van der Waals surface area contributed by atoms with E-state index in [-0.39, 0.29) is 24.5 Å². The van der Waals surface area contributed by atoms with Crippen LogP contribution in [0.3, 0.4) is 0 Å². The second kappa shape index (κ2) is 14.7. The van der Waals surface area contributed by atoms with Crippen molar-refractivity contribution in [1.82, 2.24) is 10.6 Å². The molecule has 178 valence electrons. The van der Waals surface area contributed by atoms with Crippen LogP contribution in [0.2, 0.25) is 0 Å². The summed E-state index contributed by atoms with van der Waals surface area (Å²) in [6, 6.07) is 14.5. The number of hydrogen-bond donors (Lipinski definition) is 3. The first-order chi connectivity index (χ1) is 16.0. The van der Waals surface area contributed by atoms with Gasteiger partial charge in [0.15, 0.2) is 0 Å². The number of unbranched alkanes of at least 4 members (excludes halogenated alkanes) is 5. The van der Waals surface area contributed by atoms with Gasteiger partial charge in [-0.3, -0.25) is 4.79 Å². The molecule has 0 aliphatic rings. The van der Waals surface area contributed by atoms with Crippen molar-refractivity contribution in [3.8, 4) is 5.75 Å². The van der Waals surface area contributed by atoms with Crippen molar-refractivity contribution >= 4 is 18.0 Å². The molecule has 2 amide bonds. The number of esters is 1. The van der Waals surface area contributed by atoms with Crippen molar-refractivity contribution in [2.75, 3.05) is 6.54 Å². The summed E-state index contributed by atoms with van der Waals surface area (Å²) in [5.74, 6) is -1.26. The first-order valence-corrected chi connectivity index (χ1v) is 11.6. The zero-order valence-corrected chi connectivity index (χ0v) is 19.2. The summed E-state index contributed by atoms with van der Waals surface area (Å²) in [5.41, 5.74) is 1.26. The van der Waals surface area contributed by atoms with E-state index in [0.717, 1.165) is 24.8 Å². The van der Waals surface area contributed by atoms with Crippen molar-refractivity contribution in [3.63, 3.8) is 0 Å². The van der Waals surface area contributed by atoms with Gasteiger partial charge in [0.05, 0.1) is 6.42 Å². The number of aromatic hydroxyl groups is 1. The Morgan fingerprint density at radius 2 is 1.58 bits per heavy atom. The fourth-order valence-electron chi connectivity index (χ4n) is 3.42. The third-order valence-electron chi connectivity index (χ3n) is 5.24. The highest BCUT2D eigenvalue weighted by Crippen LogP contribution is 2.18. The molecule has 2 rings (SSSR count). The first-order valence-electron chi connectivity index (χ1n) is 11.6. The van der Waals surface area contributed by atoms with Crippen LogP contribution in [-0.2, 0) is 27.2 Å². The number of amides is 2. The number of phenols is 1. The van der Waals surface area contributed by atoms with Crippen molar-refractivity contribution in [2.24, 2.45) is 0 Å². The lowest BCUT2D eigenvalue weighted by Gasteiger charge is -2.18. The normalized spacial score (nSPS) is 11.4. The Bertz CT molecular complexity index is 885. The molecule has 0 fully saturated rings. The summed E-state index contributed by atoms with van der Waals surface area (Å²) in [6.07, 6.45) is 5.71. The van der Waals surface area contributed by atoms with Crippen LogP contribution in [0.25, 0.3) is 0 Å². The number of carbonyl (C=O) groups excluding carboxylic acids is 3. The lowest BCUT2D eigenvalue weighted by molar-refractivity contribution is -0.142. The Balaban J connectivity index is 1.91. The lowest BCUT2D eigenvalue weighted by atomic mass is 10.0. The quantitative estimate of drug-likeness (QED) is 0.238. The highest BCUT2D eigenvalue weighted by molar-refractivity contribution is 5.91. The summed E-state index contributed by atoms with van der Waals surface area (Å²) in [5, 5.41) is 15.3. The minimum absolute atomic E-state index is 0.000123. The Hall–Kier alpha value is -3.35. The van der Waals surface area contributed by atoms with E-state index in [9.17, 15) is 19.5 Å². The molecule has 3 N–H and O–H groups in total. The van der Waals surface area contributed by atoms with E-state index >= 15 is 0 Å². The number of carbonyl (C=O) groups is 3. The molecule has 2 aromatic rings. The van der Waals surface area contributed by atoms with Crippen molar-refractivity contribution < 1.29 is 24.2 Å². The number of benzene rings is 2. The van der Waals surface area contributed by atoms with Gasteiger partial charge in [-0.15, -0.1) is 0 Å². The summed E-state index contributed by atoms with van der Waals surface area (Å²) < 4.78 is 4.94. The van der Waals surface area contributed by atoms with Gasteiger partial charge in [-0.25, -0.2) is 9.59 Å². The van der Waals surface area contributed by atoms with E-state index in [2.05, 4.69) is 17.6 Å². The maximum Gasteiger partial charge on any atom is 0.414 e. The molecule has 0 aliphatic carbocycles. The molecule has 0 saturated carbocycles. The van der Waals surface area contributed by atoms with Crippen molar-refractivity contribution in [3.05, 3.63) is 65.7 Å². The molecule has 2 aromatic carbocycles. The third-order valence-corrected chi connectivity index (χ3v) is 5.24. The molecular formula is C26H34N2O5. The predicted molar refractivity (Wildman–Crippen MR) is 127 cm³/mol. The van der Waals surface area contributed by atoms with Gasteiger partial charge in [0.2, 0.25) is 5.91 Å². The summed E-state index contributed by atoms with van der Waals surface area (Å²) in [6.45, 7) is 2.58. The number of ether oxygens (including phenoxy) is 1. The molecule has 7 nitrogen and oxygen atoms in total. The van der Waals surface area contributed by atoms with Gasteiger partial charge in [0.25, 0.3) is 0 Å². The van der Waals surface area contributed by atoms with Gasteiger partial charge in [0, 0.05) is 13.0 Å². The number of hydrogen-bond acceptors (Lipinski definition) is 5. The Morgan fingerprint density at radius 3 is 2.30 bits per heavy atom. The standard InChI is InChI=1S/C26H34N2O5/c1-2-3-4-5-6-12-17-27-26(32)33-25(31)22(19-21-15-10-11-16-23(21)29)28-24(30)18-20-13-8-7-9-14-20/h7-11,13-16,22,29H,2-6,12,17-19H2,1H3,(H,27,32)(H,28,30). The first kappa shape index (κ1) is 25.9. The number of alkyl carbamates (subject to hydrolysis) is 1. The zero-order chi connectivity index (χ0) is 23.9. The fraction of sp³-hybridized carbons (Fsp3) is 0.423. The molecule has 1 unspecified atom stereocenters. The van der Waals surface area contributed by atoms with Crippen LogP contribution in [0, 0.1) is 0 Å². The minimum Gasteiger partial charge on any atom is -0.508 e. The summed E-state index contributed by atoms with van der Waals surface area (Å²) in [7, 11) is 0. The SMILES string of the molecule is CCCCCCCCNC(=O)OC(=O)C(Cc1ccccc1O)NC(=O)Cc1ccccc1. The second-order valence-corrected chi connectivity index (χ2v) is 8.02. The number of para-hydroxylation sites is 1. The average Bonchev–Trinajstić information content (AvgIpc) is 2.80. The maximum atomic E-state index is 12.7. The van der Waals surface area contributed by atoms with E-state index in [1.807, 2.05) is 30.3 Å². The van der Waals surface area contributed by atoms with E-state index < -0.39 is 18.1 Å². The van der Waals surface area contributed by atoms with Crippen LogP contribution in [0.4, 0.5) is 4.79 Å². The largest absolute Gasteiger partial charge is 0.508 e. The van der Waals surface area contributed by atoms with Crippen molar-refractivity contribution in [1.29, 1.82) is 0 Å². The Morgan fingerprint density at radius 1 is 0.909 bits per heavy atom. The zero-order valence-electron chi connectivity index (χ0n) is 19.2. The Kier molecular flexibility index (Phi) is 11.5. The molecule has 0 radical (unpaired) electrons. The highest BCUT2D eigenvalue weighted by Gasteiger charge is 2.26. The molecule has 0 bridgehead atoms. The number of phenolic OH excluding ortho intramolecular Hbond substituents is 1. The van der Waals surface area contributed by atoms with Crippen molar-refractivity contribution in [2.45, 2.75) is 64.3 Å². The highest BCUT2D eigenvalue weighted by atomic mass is 16.6. The molecule has 33 heavy (non-hydrogen) atoms. The topological polar surface area (TPSA) is 105 Å². The average molecular weight is 455 g/mol. The van der Waals surface area contributed by atoms with Crippen LogP contribution in [0.1, 0.15) is 56.6 Å². The molecule has 0 spiro atoms. The number of rotatable bonds is 13. The van der Waals surface area contributed by atoms with Crippen LogP contribution in [0.5, 0.6) is 5.75 Å². The monoisotopic (exact) mass is 454 g/mol.